The zero-order chi connectivity index (χ0) is 18.2. The Kier molecular flexibility index (Phi) is 4.91. The lowest BCUT2D eigenvalue weighted by molar-refractivity contribution is -0.142. The van der Waals surface area contributed by atoms with Crippen molar-refractivity contribution in [2.75, 3.05) is 39.0 Å². The number of hydrogen-bond acceptors (Lipinski definition) is 5. The van der Waals surface area contributed by atoms with Crippen LogP contribution in [0.25, 0.3) is 0 Å². The van der Waals surface area contributed by atoms with Crippen molar-refractivity contribution in [1.29, 1.82) is 0 Å². The van der Waals surface area contributed by atoms with Gasteiger partial charge in [-0.3, -0.25) is 4.79 Å². The molecule has 1 N–H and O–H groups in total. The fourth-order valence-electron chi connectivity index (χ4n) is 3.99. The third-order valence-electron chi connectivity index (χ3n) is 5.42. The largest absolute Gasteiger partial charge is 0.337 e. The molecule has 0 aromatic carbocycles. The predicted octanol–water partition coefficient (Wildman–Crippen LogP) is -0.360. The number of carbonyl (C=O) groups excluding carboxylic acids is 1. The van der Waals surface area contributed by atoms with Crippen molar-refractivity contribution in [3.8, 4) is 0 Å². The first-order valence-corrected chi connectivity index (χ1v) is 10.5. The molecule has 0 aliphatic carbocycles. The van der Waals surface area contributed by atoms with E-state index in [1.165, 1.54) is 10.6 Å². The first kappa shape index (κ1) is 18.3. The van der Waals surface area contributed by atoms with E-state index in [4.69, 9.17) is 0 Å². The summed E-state index contributed by atoms with van der Waals surface area (Å²) >= 11 is 0. The number of rotatable bonds is 6. The lowest BCUT2D eigenvalue weighted by Crippen LogP contribution is -2.49. The average molecular weight is 369 g/mol. The molecule has 0 radical (unpaired) electrons. The molecule has 140 valence electrons. The van der Waals surface area contributed by atoms with Crippen LogP contribution in [0.2, 0.25) is 0 Å². The maximum absolute atomic E-state index is 13.5. The highest BCUT2D eigenvalue weighted by Gasteiger charge is 2.57. The first-order valence-electron chi connectivity index (χ1n) is 8.69. The number of carbonyl (C=O) groups is 1. The monoisotopic (exact) mass is 369 g/mol. The van der Waals surface area contributed by atoms with Crippen LogP contribution in [0.3, 0.4) is 0 Å². The summed E-state index contributed by atoms with van der Waals surface area (Å²) in [6.07, 6.45) is 5.66. The maximum atomic E-state index is 13.5. The number of imidazole rings is 1. The number of nitrogens with one attached hydrogen (secondary N) is 1. The zero-order valence-electron chi connectivity index (χ0n) is 15.1. The highest BCUT2D eigenvalue weighted by Crippen LogP contribution is 2.41. The molecule has 1 amide bonds. The molecule has 1 aromatic rings. The van der Waals surface area contributed by atoms with Crippen molar-refractivity contribution in [3.63, 3.8) is 0 Å². The molecule has 2 atom stereocenters. The summed E-state index contributed by atoms with van der Waals surface area (Å²) in [5, 5.41) is 3.30. The summed E-state index contributed by atoms with van der Waals surface area (Å²) in [7, 11) is -1.38. The molecule has 2 saturated heterocycles. The van der Waals surface area contributed by atoms with E-state index < -0.39 is 15.4 Å². The smallest absolute Gasteiger partial charge is 0.232 e. The van der Waals surface area contributed by atoms with Crippen LogP contribution in [0, 0.1) is 11.3 Å². The molecule has 3 rings (SSSR count). The Hall–Kier alpha value is -1.45. The summed E-state index contributed by atoms with van der Waals surface area (Å²) < 4.78 is 27.4. The van der Waals surface area contributed by atoms with Crippen molar-refractivity contribution < 1.29 is 13.2 Å². The summed E-state index contributed by atoms with van der Waals surface area (Å²) in [4.78, 5) is 19.6. The molecule has 1 aromatic heterocycles. The number of amides is 1. The fraction of sp³-hybridized carbons (Fsp3) is 0.750. The van der Waals surface area contributed by atoms with Gasteiger partial charge in [0.05, 0.1) is 18.2 Å². The molecular formula is C16H27N5O3S. The highest BCUT2D eigenvalue weighted by molar-refractivity contribution is 7.88. The van der Waals surface area contributed by atoms with Gasteiger partial charge in [-0.1, -0.05) is 6.92 Å². The van der Waals surface area contributed by atoms with Gasteiger partial charge in [0.2, 0.25) is 15.9 Å². The number of sulfonamides is 1. The van der Waals surface area contributed by atoms with E-state index in [1.54, 1.807) is 6.20 Å². The topological polar surface area (TPSA) is 87.5 Å². The number of nitrogens with zero attached hydrogens (tertiary/aromatic N) is 4. The van der Waals surface area contributed by atoms with Gasteiger partial charge < -0.3 is 14.8 Å². The molecule has 0 saturated carbocycles. The number of aromatic nitrogens is 2. The summed E-state index contributed by atoms with van der Waals surface area (Å²) in [5.74, 6) is 0.896. The molecule has 0 bridgehead atoms. The van der Waals surface area contributed by atoms with Crippen LogP contribution < -0.4 is 5.32 Å². The standard InChI is InChI=1S/C16H27N5O3S/c1-4-6-20(10-14-18-5-7-19(14)2)15(22)16-11-17-8-13(16)9-21(12-16)25(3,23)24/h5,7,13,17H,4,6,8-12H2,1-3H3/t13-,16-/m1/s1. The first-order chi connectivity index (χ1) is 11.8. The van der Waals surface area contributed by atoms with Gasteiger partial charge in [-0.25, -0.2) is 17.7 Å². The maximum Gasteiger partial charge on any atom is 0.232 e. The average Bonchev–Trinajstić information content (AvgIpc) is 3.20. The molecule has 0 spiro atoms. The molecule has 2 fully saturated rings. The van der Waals surface area contributed by atoms with E-state index in [-0.39, 0.29) is 18.4 Å². The number of aryl methyl sites for hydroxylation is 1. The van der Waals surface area contributed by atoms with Crippen LogP contribution in [0.1, 0.15) is 19.2 Å². The fourth-order valence-corrected chi connectivity index (χ4v) is 4.90. The quantitative estimate of drug-likeness (QED) is 0.740. The van der Waals surface area contributed by atoms with Gasteiger partial charge in [-0.05, 0) is 6.42 Å². The van der Waals surface area contributed by atoms with Gasteiger partial charge in [0.1, 0.15) is 5.82 Å². The van der Waals surface area contributed by atoms with Crippen LogP contribution in [-0.4, -0.2) is 72.1 Å². The molecular weight excluding hydrogens is 342 g/mol. The Morgan fingerprint density at radius 2 is 2.28 bits per heavy atom. The lowest BCUT2D eigenvalue weighted by Gasteiger charge is -2.33. The van der Waals surface area contributed by atoms with Gasteiger partial charge >= 0.3 is 0 Å². The van der Waals surface area contributed by atoms with Gasteiger partial charge in [0, 0.05) is 58.1 Å². The van der Waals surface area contributed by atoms with Crippen molar-refractivity contribution in [3.05, 3.63) is 18.2 Å². The second kappa shape index (κ2) is 6.69. The summed E-state index contributed by atoms with van der Waals surface area (Å²) in [6.45, 7) is 5.02. The van der Waals surface area contributed by atoms with Gasteiger partial charge in [0.15, 0.2) is 0 Å². The van der Waals surface area contributed by atoms with E-state index in [1.807, 2.05) is 29.6 Å². The van der Waals surface area contributed by atoms with E-state index in [2.05, 4.69) is 10.3 Å². The molecule has 8 nitrogen and oxygen atoms in total. The highest BCUT2D eigenvalue weighted by atomic mass is 32.2. The van der Waals surface area contributed by atoms with E-state index in [0.29, 0.717) is 32.7 Å². The van der Waals surface area contributed by atoms with Crippen LogP contribution in [-0.2, 0) is 28.4 Å². The van der Waals surface area contributed by atoms with Crippen LogP contribution >= 0.6 is 0 Å². The Bertz CT molecular complexity index is 747. The van der Waals surface area contributed by atoms with Crippen molar-refractivity contribution in [2.45, 2.75) is 19.9 Å². The Morgan fingerprint density at radius 1 is 1.52 bits per heavy atom. The Morgan fingerprint density at radius 3 is 2.88 bits per heavy atom. The zero-order valence-corrected chi connectivity index (χ0v) is 15.9. The molecule has 2 aliphatic heterocycles. The normalized spacial score (nSPS) is 26.8. The minimum Gasteiger partial charge on any atom is -0.337 e. The molecule has 0 unspecified atom stereocenters. The minimum atomic E-state index is -3.29. The molecule has 9 heteroatoms. The third kappa shape index (κ3) is 3.32. The van der Waals surface area contributed by atoms with E-state index >= 15 is 0 Å². The molecule has 25 heavy (non-hydrogen) atoms. The van der Waals surface area contributed by atoms with Crippen LogP contribution in [0.5, 0.6) is 0 Å². The van der Waals surface area contributed by atoms with E-state index in [9.17, 15) is 13.2 Å². The van der Waals surface area contributed by atoms with Crippen molar-refractivity contribution >= 4 is 15.9 Å². The summed E-state index contributed by atoms with van der Waals surface area (Å²) in [5.41, 5.74) is -0.663. The Labute approximate surface area is 149 Å². The SMILES string of the molecule is CCCN(Cc1nccn1C)C(=O)[C@@]12CNC[C@@H]1CN(S(C)(=O)=O)C2. The lowest BCUT2D eigenvalue weighted by atomic mass is 9.79. The van der Waals surface area contributed by atoms with Gasteiger partial charge in [-0.2, -0.15) is 0 Å². The second-order valence-electron chi connectivity index (χ2n) is 7.22. The summed E-state index contributed by atoms with van der Waals surface area (Å²) in [6, 6.07) is 0. The number of hydrogen-bond donors (Lipinski definition) is 1. The Balaban J connectivity index is 1.86. The predicted molar refractivity (Wildman–Crippen MR) is 94.1 cm³/mol. The third-order valence-corrected chi connectivity index (χ3v) is 6.64. The number of fused-ring (bicyclic) bond motifs is 1. The van der Waals surface area contributed by atoms with Gasteiger partial charge in [0.25, 0.3) is 0 Å². The van der Waals surface area contributed by atoms with Gasteiger partial charge in [-0.15, -0.1) is 0 Å². The molecule has 3 heterocycles. The molecule has 2 aliphatic rings. The van der Waals surface area contributed by atoms with Crippen LogP contribution in [0.15, 0.2) is 12.4 Å². The van der Waals surface area contributed by atoms with Crippen molar-refractivity contribution in [1.82, 2.24) is 24.1 Å². The van der Waals surface area contributed by atoms with E-state index in [0.717, 1.165) is 12.2 Å². The van der Waals surface area contributed by atoms with Crippen LogP contribution in [0.4, 0.5) is 0 Å². The second-order valence-corrected chi connectivity index (χ2v) is 9.20. The van der Waals surface area contributed by atoms with Crippen molar-refractivity contribution in [2.24, 2.45) is 18.4 Å². The minimum absolute atomic E-state index is 0.0236.